The van der Waals surface area contributed by atoms with E-state index in [2.05, 4.69) is 39.9 Å². The molecule has 0 aromatic rings. The summed E-state index contributed by atoms with van der Waals surface area (Å²) in [6.07, 6.45) is 8.88. The second kappa shape index (κ2) is 9.04. The van der Waals surface area contributed by atoms with Crippen molar-refractivity contribution in [1.29, 1.82) is 0 Å². The van der Waals surface area contributed by atoms with Crippen LogP contribution in [0, 0.1) is 11.8 Å². The normalized spacial score (nSPS) is 28.8. The van der Waals surface area contributed by atoms with Crippen molar-refractivity contribution in [3.8, 4) is 0 Å². The van der Waals surface area contributed by atoms with Crippen LogP contribution in [0.1, 0.15) is 79.6 Å². The fourth-order valence-electron chi connectivity index (χ4n) is 4.18. The summed E-state index contributed by atoms with van der Waals surface area (Å²) in [7, 11) is 0. The Labute approximate surface area is 127 Å². The Morgan fingerprint density at radius 1 is 1.20 bits per heavy atom. The largest absolute Gasteiger partial charge is 0.374 e. The summed E-state index contributed by atoms with van der Waals surface area (Å²) in [6, 6.07) is 0.528. The van der Waals surface area contributed by atoms with Crippen LogP contribution in [0.3, 0.4) is 0 Å². The molecule has 0 heterocycles. The van der Waals surface area contributed by atoms with E-state index in [4.69, 9.17) is 4.74 Å². The lowest BCUT2D eigenvalue weighted by Gasteiger charge is -2.48. The molecule has 1 fully saturated rings. The molecule has 0 aromatic carbocycles. The van der Waals surface area contributed by atoms with Gasteiger partial charge < -0.3 is 10.1 Å². The van der Waals surface area contributed by atoms with E-state index in [9.17, 15) is 0 Å². The quantitative estimate of drug-likeness (QED) is 0.658. The van der Waals surface area contributed by atoms with Gasteiger partial charge in [0.05, 0.1) is 5.60 Å². The van der Waals surface area contributed by atoms with Crippen LogP contribution in [-0.2, 0) is 4.74 Å². The van der Waals surface area contributed by atoms with Crippen LogP contribution in [0.5, 0.6) is 0 Å². The highest BCUT2D eigenvalue weighted by Gasteiger charge is 2.44. The highest BCUT2D eigenvalue weighted by atomic mass is 16.5. The molecule has 1 aliphatic carbocycles. The summed E-state index contributed by atoms with van der Waals surface area (Å²) in [5.74, 6) is 1.54. The first-order chi connectivity index (χ1) is 9.63. The average molecular weight is 284 g/mol. The van der Waals surface area contributed by atoms with E-state index in [1.54, 1.807) is 0 Å². The maximum absolute atomic E-state index is 6.42. The molecule has 1 rings (SSSR count). The van der Waals surface area contributed by atoms with Crippen molar-refractivity contribution in [3.05, 3.63) is 0 Å². The van der Waals surface area contributed by atoms with Crippen LogP contribution in [-0.4, -0.2) is 24.8 Å². The fraction of sp³-hybridized carbons (Fsp3) is 1.00. The first-order valence-electron chi connectivity index (χ1n) is 9.00. The van der Waals surface area contributed by atoms with Crippen molar-refractivity contribution >= 4 is 0 Å². The summed E-state index contributed by atoms with van der Waals surface area (Å²) in [6.45, 7) is 13.4. The predicted molar refractivity (Wildman–Crippen MR) is 88.1 cm³/mol. The minimum Gasteiger partial charge on any atom is -0.374 e. The topological polar surface area (TPSA) is 21.3 Å². The maximum Gasteiger partial charge on any atom is 0.0839 e. The molecule has 0 radical (unpaired) electrons. The number of rotatable bonds is 9. The van der Waals surface area contributed by atoms with Gasteiger partial charge in [-0.1, -0.05) is 53.4 Å². The van der Waals surface area contributed by atoms with Gasteiger partial charge in [-0.2, -0.15) is 0 Å². The first-order valence-corrected chi connectivity index (χ1v) is 9.00. The van der Waals surface area contributed by atoms with Crippen LogP contribution >= 0.6 is 0 Å². The highest BCUT2D eigenvalue weighted by Crippen LogP contribution is 2.41. The molecular formula is C18H37NO. The van der Waals surface area contributed by atoms with E-state index in [0.29, 0.717) is 6.04 Å². The summed E-state index contributed by atoms with van der Waals surface area (Å²) in [4.78, 5) is 0. The van der Waals surface area contributed by atoms with Crippen molar-refractivity contribution < 1.29 is 4.74 Å². The molecule has 2 nitrogen and oxygen atoms in total. The Bertz CT molecular complexity index is 248. The molecule has 2 heteroatoms. The van der Waals surface area contributed by atoms with Gasteiger partial charge in [-0.15, -0.1) is 0 Å². The van der Waals surface area contributed by atoms with Crippen LogP contribution in [0.4, 0.5) is 0 Å². The summed E-state index contributed by atoms with van der Waals surface area (Å²) >= 11 is 0. The van der Waals surface area contributed by atoms with Gasteiger partial charge >= 0.3 is 0 Å². The minimum atomic E-state index is 0.0816. The third kappa shape index (κ3) is 4.46. The van der Waals surface area contributed by atoms with Crippen molar-refractivity contribution in [1.82, 2.24) is 5.32 Å². The molecule has 1 saturated carbocycles. The van der Waals surface area contributed by atoms with E-state index in [1.165, 1.54) is 44.9 Å². The Morgan fingerprint density at radius 3 is 2.40 bits per heavy atom. The zero-order valence-corrected chi connectivity index (χ0v) is 14.5. The molecule has 0 saturated heterocycles. The maximum atomic E-state index is 6.42. The number of nitrogens with one attached hydrogen (secondary N) is 1. The molecule has 0 bridgehead atoms. The third-order valence-corrected chi connectivity index (χ3v) is 5.12. The van der Waals surface area contributed by atoms with E-state index < -0.39 is 0 Å². The molecule has 0 amide bonds. The number of hydrogen-bond acceptors (Lipinski definition) is 2. The van der Waals surface area contributed by atoms with Crippen molar-refractivity contribution in [2.75, 3.05) is 13.2 Å². The molecule has 0 aromatic heterocycles. The van der Waals surface area contributed by atoms with Gasteiger partial charge in [0.1, 0.15) is 0 Å². The van der Waals surface area contributed by atoms with E-state index in [0.717, 1.165) is 25.0 Å². The lowest BCUT2D eigenvalue weighted by atomic mass is 9.70. The zero-order valence-electron chi connectivity index (χ0n) is 14.5. The van der Waals surface area contributed by atoms with E-state index in [-0.39, 0.29) is 5.60 Å². The van der Waals surface area contributed by atoms with Crippen molar-refractivity contribution in [2.45, 2.75) is 91.2 Å². The Hall–Kier alpha value is -0.0800. The number of hydrogen-bond donors (Lipinski definition) is 1. The van der Waals surface area contributed by atoms with Gasteiger partial charge in [-0.25, -0.2) is 0 Å². The summed E-state index contributed by atoms with van der Waals surface area (Å²) in [5, 5.41) is 3.86. The Balaban J connectivity index is 2.95. The highest BCUT2D eigenvalue weighted by molar-refractivity contribution is 4.99. The lowest BCUT2D eigenvalue weighted by Crippen LogP contribution is -2.58. The molecule has 3 unspecified atom stereocenters. The van der Waals surface area contributed by atoms with E-state index >= 15 is 0 Å². The zero-order chi connectivity index (χ0) is 15.0. The molecule has 1 N–H and O–H groups in total. The SMILES string of the molecule is CCCNC(C(CC)CC)C1(OCC)CCCC(C)C1. The van der Waals surface area contributed by atoms with Gasteiger partial charge in [0, 0.05) is 12.6 Å². The average Bonchev–Trinajstić information content (AvgIpc) is 2.43. The van der Waals surface area contributed by atoms with E-state index in [1.807, 2.05) is 0 Å². The van der Waals surface area contributed by atoms with Gasteiger partial charge in [0.15, 0.2) is 0 Å². The second-order valence-electron chi connectivity index (χ2n) is 6.71. The first kappa shape index (κ1) is 18.0. The van der Waals surface area contributed by atoms with Crippen LogP contribution in [0.15, 0.2) is 0 Å². The standard InChI is InChI=1S/C18H37NO/c1-6-13-19-17(16(7-2)8-3)18(20-9-4)12-10-11-15(5)14-18/h15-17,19H,6-14H2,1-5H3. The summed E-state index contributed by atoms with van der Waals surface area (Å²) < 4.78 is 6.42. The molecule has 120 valence electrons. The molecule has 20 heavy (non-hydrogen) atoms. The molecule has 3 atom stereocenters. The lowest BCUT2D eigenvalue weighted by molar-refractivity contribution is -0.113. The molecular weight excluding hydrogens is 246 g/mol. The van der Waals surface area contributed by atoms with Gasteiger partial charge in [-0.3, -0.25) is 0 Å². The molecule has 1 aliphatic rings. The summed E-state index contributed by atoms with van der Waals surface area (Å²) in [5.41, 5.74) is 0.0816. The van der Waals surface area contributed by atoms with Crippen LogP contribution in [0.2, 0.25) is 0 Å². The van der Waals surface area contributed by atoms with Gasteiger partial charge in [0.25, 0.3) is 0 Å². The van der Waals surface area contributed by atoms with Crippen molar-refractivity contribution in [2.24, 2.45) is 11.8 Å². The van der Waals surface area contributed by atoms with Crippen molar-refractivity contribution in [3.63, 3.8) is 0 Å². The smallest absolute Gasteiger partial charge is 0.0839 e. The minimum absolute atomic E-state index is 0.0816. The molecule has 0 aliphatic heterocycles. The van der Waals surface area contributed by atoms with Crippen LogP contribution < -0.4 is 5.32 Å². The Kier molecular flexibility index (Phi) is 8.13. The Morgan fingerprint density at radius 2 is 1.90 bits per heavy atom. The fourth-order valence-corrected chi connectivity index (χ4v) is 4.18. The number of ether oxygens (including phenoxy) is 1. The van der Waals surface area contributed by atoms with Crippen LogP contribution in [0.25, 0.3) is 0 Å². The van der Waals surface area contributed by atoms with Gasteiger partial charge in [0.2, 0.25) is 0 Å². The predicted octanol–water partition coefficient (Wildman–Crippen LogP) is 4.78. The molecule has 0 spiro atoms. The monoisotopic (exact) mass is 283 g/mol. The second-order valence-corrected chi connectivity index (χ2v) is 6.71. The third-order valence-electron chi connectivity index (χ3n) is 5.12. The van der Waals surface area contributed by atoms with Gasteiger partial charge in [-0.05, 0) is 44.6 Å².